The molecule has 1 N–H and O–H groups in total. The highest BCUT2D eigenvalue weighted by atomic mass is 35.5. The lowest BCUT2D eigenvalue weighted by atomic mass is 10.0. The lowest BCUT2D eigenvalue weighted by Crippen LogP contribution is -2.04. The third kappa shape index (κ3) is 3.46. The van der Waals surface area contributed by atoms with Gasteiger partial charge in [-0.25, -0.2) is 4.98 Å². The van der Waals surface area contributed by atoms with Gasteiger partial charge in [0.15, 0.2) is 0 Å². The van der Waals surface area contributed by atoms with Crippen molar-refractivity contribution in [2.45, 2.75) is 26.7 Å². The zero-order chi connectivity index (χ0) is 15.6. The van der Waals surface area contributed by atoms with E-state index < -0.39 is 4.92 Å². The minimum absolute atomic E-state index is 0.0272. The summed E-state index contributed by atoms with van der Waals surface area (Å²) in [6.07, 6.45) is 0. The van der Waals surface area contributed by atoms with Crippen LogP contribution < -0.4 is 5.32 Å². The second-order valence-electron chi connectivity index (χ2n) is 4.94. The molecule has 0 saturated carbocycles. The molecule has 0 aliphatic rings. The number of nitrogens with one attached hydrogen (secondary N) is 1. The average Bonchev–Trinajstić information content (AvgIpc) is 2.37. The van der Waals surface area contributed by atoms with Crippen LogP contribution in [0.4, 0.5) is 17.2 Å². The van der Waals surface area contributed by atoms with E-state index in [1.54, 1.807) is 0 Å². The van der Waals surface area contributed by atoms with Crippen molar-refractivity contribution in [3.05, 3.63) is 50.9 Å². The molecule has 0 fully saturated rings. The number of anilines is 2. The summed E-state index contributed by atoms with van der Waals surface area (Å²) in [5.74, 6) is 0.455. The Kier molecular flexibility index (Phi) is 4.37. The van der Waals surface area contributed by atoms with E-state index in [9.17, 15) is 10.1 Å². The van der Waals surface area contributed by atoms with Crippen LogP contribution in [0.15, 0.2) is 24.3 Å². The zero-order valence-corrected chi connectivity index (χ0v) is 12.7. The van der Waals surface area contributed by atoms with Crippen LogP contribution in [0.5, 0.6) is 0 Å². The van der Waals surface area contributed by atoms with E-state index in [2.05, 4.69) is 29.1 Å². The van der Waals surface area contributed by atoms with Crippen LogP contribution in [0, 0.1) is 17.0 Å². The second-order valence-corrected chi connectivity index (χ2v) is 5.28. The highest BCUT2D eigenvalue weighted by Gasteiger charge is 2.21. The molecule has 0 amide bonds. The molecule has 7 heteroatoms. The summed E-state index contributed by atoms with van der Waals surface area (Å²) < 4.78 is 0. The normalized spacial score (nSPS) is 10.7. The first kappa shape index (κ1) is 15.2. The number of aromatic nitrogens is 2. The van der Waals surface area contributed by atoms with Gasteiger partial charge in [0, 0.05) is 5.69 Å². The Balaban J connectivity index is 2.44. The highest BCUT2D eigenvalue weighted by Crippen LogP contribution is 2.30. The number of rotatable bonds is 4. The first-order valence-corrected chi connectivity index (χ1v) is 6.81. The predicted octanol–water partition coefficient (Wildman–Crippen LogP) is 4.21. The van der Waals surface area contributed by atoms with Crippen molar-refractivity contribution in [1.82, 2.24) is 9.97 Å². The maximum atomic E-state index is 11.2. The van der Waals surface area contributed by atoms with Crippen LogP contribution >= 0.6 is 11.6 Å². The van der Waals surface area contributed by atoms with Gasteiger partial charge in [-0.2, -0.15) is 4.98 Å². The van der Waals surface area contributed by atoms with Crippen LogP contribution in [0.3, 0.4) is 0 Å². The van der Waals surface area contributed by atoms with Gasteiger partial charge in [-0.3, -0.25) is 10.1 Å². The molecule has 0 atom stereocenters. The van der Waals surface area contributed by atoms with Gasteiger partial charge in [-0.15, -0.1) is 0 Å². The lowest BCUT2D eigenvalue weighted by molar-refractivity contribution is -0.385. The lowest BCUT2D eigenvalue weighted by Gasteiger charge is -2.10. The molecule has 21 heavy (non-hydrogen) atoms. The van der Waals surface area contributed by atoms with Crippen molar-refractivity contribution < 1.29 is 4.92 Å². The maximum absolute atomic E-state index is 11.2. The Morgan fingerprint density at radius 3 is 2.67 bits per heavy atom. The van der Waals surface area contributed by atoms with E-state index in [1.165, 1.54) is 6.92 Å². The van der Waals surface area contributed by atoms with Crippen LogP contribution in [-0.4, -0.2) is 14.9 Å². The molecule has 1 aromatic heterocycles. The summed E-state index contributed by atoms with van der Waals surface area (Å²) in [6, 6.07) is 7.64. The number of nitrogens with zero attached hydrogens (tertiary/aromatic N) is 3. The molecule has 0 unspecified atom stereocenters. The SMILES string of the molecule is Cc1nc(Cl)nc(Nc2cccc(C(C)C)c2)c1[N+](=O)[O-]. The monoisotopic (exact) mass is 306 g/mol. The Morgan fingerprint density at radius 1 is 1.33 bits per heavy atom. The summed E-state index contributed by atoms with van der Waals surface area (Å²) in [7, 11) is 0. The average molecular weight is 307 g/mol. The van der Waals surface area contributed by atoms with Gasteiger partial charge in [0.25, 0.3) is 0 Å². The van der Waals surface area contributed by atoms with Gasteiger partial charge in [0.2, 0.25) is 11.1 Å². The van der Waals surface area contributed by atoms with Crippen LogP contribution in [-0.2, 0) is 0 Å². The molecule has 1 aromatic carbocycles. The van der Waals surface area contributed by atoms with E-state index in [0.717, 1.165) is 11.3 Å². The van der Waals surface area contributed by atoms with E-state index in [4.69, 9.17) is 11.6 Å². The number of aryl methyl sites for hydroxylation is 1. The molecule has 0 spiro atoms. The molecule has 0 saturated heterocycles. The van der Waals surface area contributed by atoms with Crippen molar-refractivity contribution in [2.24, 2.45) is 0 Å². The number of nitro groups is 1. The van der Waals surface area contributed by atoms with Crippen molar-refractivity contribution in [3.8, 4) is 0 Å². The summed E-state index contributed by atoms with van der Waals surface area (Å²) in [5, 5.41) is 14.1. The van der Waals surface area contributed by atoms with Crippen molar-refractivity contribution >= 4 is 28.8 Å². The van der Waals surface area contributed by atoms with Gasteiger partial charge < -0.3 is 5.32 Å². The quantitative estimate of drug-likeness (QED) is 0.520. The van der Waals surface area contributed by atoms with Gasteiger partial charge in [0.05, 0.1) is 4.92 Å². The molecule has 2 aromatic rings. The fourth-order valence-corrected chi connectivity index (χ4v) is 2.16. The first-order valence-electron chi connectivity index (χ1n) is 6.44. The summed E-state index contributed by atoms with van der Waals surface area (Å²) in [5.41, 5.74) is 1.90. The number of hydrogen-bond donors (Lipinski definition) is 1. The van der Waals surface area contributed by atoms with Crippen LogP contribution in [0.25, 0.3) is 0 Å². The van der Waals surface area contributed by atoms with Crippen LogP contribution in [0.1, 0.15) is 31.0 Å². The molecule has 0 aliphatic heterocycles. The van der Waals surface area contributed by atoms with Crippen molar-refractivity contribution in [3.63, 3.8) is 0 Å². The maximum Gasteiger partial charge on any atom is 0.332 e. The molecule has 1 heterocycles. The fourth-order valence-electron chi connectivity index (χ4n) is 1.95. The molecule has 0 radical (unpaired) electrons. The van der Waals surface area contributed by atoms with Crippen LogP contribution in [0.2, 0.25) is 5.28 Å². The smallest absolute Gasteiger partial charge is 0.332 e. The Labute approximate surface area is 127 Å². The van der Waals surface area contributed by atoms with Gasteiger partial charge in [-0.1, -0.05) is 26.0 Å². The molecular formula is C14H15ClN4O2. The summed E-state index contributed by atoms with van der Waals surface area (Å²) in [6.45, 7) is 5.68. The predicted molar refractivity (Wildman–Crippen MR) is 82.2 cm³/mol. The summed E-state index contributed by atoms with van der Waals surface area (Å²) >= 11 is 5.79. The van der Waals surface area contributed by atoms with E-state index in [-0.39, 0.29) is 22.5 Å². The molecule has 6 nitrogen and oxygen atoms in total. The van der Waals surface area contributed by atoms with Gasteiger partial charge in [-0.05, 0) is 42.1 Å². The van der Waals surface area contributed by atoms with E-state index in [0.29, 0.717) is 5.92 Å². The Bertz CT molecular complexity index is 689. The Morgan fingerprint density at radius 2 is 2.05 bits per heavy atom. The summed E-state index contributed by atoms with van der Waals surface area (Å²) in [4.78, 5) is 18.4. The molecule has 0 aliphatic carbocycles. The number of benzene rings is 1. The number of hydrogen-bond acceptors (Lipinski definition) is 5. The Hall–Kier alpha value is -2.21. The number of halogens is 1. The highest BCUT2D eigenvalue weighted by molar-refractivity contribution is 6.28. The molecule has 2 rings (SSSR count). The fraction of sp³-hybridized carbons (Fsp3) is 0.286. The van der Waals surface area contributed by atoms with Crippen molar-refractivity contribution in [1.29, 1.82) is 0 Å². The largest absolute Gasteiger partial charge is 0.334 e. The second kappa shape index (κ2) is 6.05. The molecule has 0 bridgehead atoms. The minimum Gasteiger partial charge on any atom is -0.334 e. The van der Waals surface area contributed by atoms with E-state index in [1.807, 2.05) is 24.3 Å². The van der Waals surface area contributed by atoms with Gasteiger partial charge in [0.1, 0.15) is 5.69 Å². The first-order chi connectivity index (χ1) is 9.88. The molecular weight excluding hydrogens is 292 g/mol. The standard InChI is InChI=1S/C14H15ClN4O2/c1-8(2)10-5-4-6-11(7-10)17-13-12(19(20)21)9(3)16-14(15)18-13/h4-8H,1-3H3,(H,16,17,18). The third-order valence-electron chi connectivity index (χ3n) is 3.03. The van der Waals surface area contributed by atoms with Crippen molar-refractivity contribution in [2.75, 3.05) is 5.32 Å². The van der Waals surface area contributed by atoms with E-state index >= 15 is 0 Å². The third-order valence-corrected chi connectivity index (χ3v) is 3.20. The topological polar surface area (TPSA) is 81.0 Å². The zero-order valence-electron chi connectivity index (χ0n) is 11.9. The minimum atomic E-state index is -0.514. The molecule has 110 valence electrons. The van der Waals surface area contributed by atoms with Gasteiger partial charge >= 0.3 is 5.69 Å².